The van der Waals surface area contributed by atoms with E-state index in [1.54, 1.807) is 0 Å². The molecule has 23 heavy (non-hydrogen) atoms. The van der Waals surface area contributed by atoms with Crippen LogP contribution in [0.15, 0.2) is 60.7 Å². The molecule has 1 fully saturated rings. The summed E-state index contributed by atoms with van der Waals surface area (Å²) in [6.45, 7) is 3.17. The average Bonchev–Trinajstić information content (AvgIpc) is 2.62. The molecule has 1 aliphatic heterocycles. The standard InChI is InChI=1S/C20H23NO2/c1-16-12-13-19(18-10-6-3-7-11-18)14-21(16)20(22)23-15-17-8-4-2-5-9-17/h2-11,16,19H,12-15H2,1H3. The molecule has 2 aromatic carbocycles. The van der Waals surface area contributed by atoms with Crippen molar-refractivity contribution >= 4 is 6.09 Å². The molecule has 1 heterocycles. The van der Waals surface area contributed by atoms with Gasteiger partial charge in [-0.25, -0.2) is 4.79 Å². The lowest BCUT2D eigenvalue weighted by Gasteiger charge is -2.37. The Kier molecular flexibility index (Phi) is 4.96. The summed E-state index contributed by atoms with van der Waals surface area (Å²) in [5.41, 5.74) is 2.32. The third-order valence-electron chi connectivity index (χ3n) is 4.59. The van der Waals surface area contributed by atoms with Crippen LogP contribution in [0, 0.1) is 0 Å². The first-order valence-corrected chi connectivity index (χ1v) is 8.26. The summed E-state index contributed by atoms with van der Waals surface area (Å²) >= 11 is 0. The van der Waals surface area contributed by atoms with Crippen molar-refractivity contribution in [1.29, 1.82) is 0 Å². The van der Waals surface area contributed by atoms with Gasteiger partial charge in [0.05, 0.1) is 0 Å². The Bertz CT molecular complexity index is 627. The number of piperidine rings is 1. The molecule has 0 aromatic heterocycles. The van der Waals surface area contributed by atoms with Crippen molar-refractivity contribution in [3.8, 4) is 0 Å². The number of hydrogen-bond donors (Lipinski definition) is 0. The van der Waals surface area contributed by atoms with Gasteiger partial charge in [-0.1, -0.05) is 60.7 Å². The fourth-order valence-electron chi connectivity index (χ4n) is 3.16. The van der Waals surface area contributed by atoms with Crippen LogP contribution in [0.1, 0.15) is 36.8 Å². The van der Waals surface area contributed by atoms with Gasteiger partial charge >= 0.3 is 6.09 Å². The Morgan fingerprint density at radius 2 is 1.70 bits per heavy atom. The Balaban J connectivity index is 1.62. The van der Waals surface area contributed by atoms with Crippen molar-refractivity contribution in [2.24, 2.45) is 0 Å². The first-order valence-electron chi connectivity index (χ1n) is 8.26. The first-order chi connectivity index (χ1) is 11.2. The maximum absolute atomic E-state index is 12.5. The van der Waals surface area contributed by atoms with Crippen LogP contribution in [0.4, 0.5) is 4.79 Å². The highest BCUT2D eigenvalue weighted by atomic mass is 16.6. The third-order valence-corrected chi connectivity index (χ3v) is 4.59. The highest BCUT2D eigenvalue weighted by molar-refractivity contribution is 5.68. The van der Waals surface area contributed by atoms with Crippen LogP contribution >= 0.6 is 0 Å². The van der Waals surface area contributed by atoms with Gasteiger partial charge in [0.2, 0.25) is 0 Å². The second-order valence-electron chi connectivity index (χ2n) is 6.23. The highest BCUT2D eigenvalue weighted by Crippen LogP contribution is 2.30. The van der Waals surface area contributed by atoms with Crippen molar-refractivity contribution in [2.45, 2.75) is 38.3 Å². The lowest BCUT2D eigenvalue weighted by Crippen LogP contribution is -2.45. The summed E-state index contributed by atoms with van der Waals surface area (Å²) in [5.74, 6) is 0.400. The number of benzene rings is 2. The molecule has 2 aromatic rings. The molecule has 3 nitrogen and oxygen atoms in total. The minimum absolute atomic E-state index is 0.206. The quantitative estimate of drug-likeness (QED) is 0.830. The van der Waals surface area contributed by atoms with E-state index in [4.69, 9.17) is 4.74 Å². The van der Waals surface area contributed by atoms with Crippen LogP contribution in [-0.4, -0.2) is 23.6 Å². The van der Waals surface area contributed by atoms with Crippen molar-refractivity contribution in [2.75, 3.05) is 6.54 Å². The van der Waals surface area contributed by atoms with Gasteiger partial charge in [-0.15, -0.1) is 0 Å². The van der Waals surface area contributed by atoms with E-state index in [1.165, 1.54) is 5.56 Å². The van der Waals surface area contributed by atoms with Crippen LogP contribution in [0.3, 0.4) is 0 Å². The molecule has 0 bridgehead atoms. The maximum Gasteiger partial charge on any atom is 0.410 e. The molecule has 0 aliphatic carbocycles. The fraction of sp³-hybridized carbons (Fsp3) is 0.350. The van der Waals surface area contributed by atoms with E-state index in [0.29, 0.717) is 12.5 Å². The fourth-order valence-corrected chi connectivity index (χ4v) is 3.16. The number of hydrogen-bond acceptors (Lipinski definition) is 2. The largest absolute Gasteiger partial charge is 0.445 e. The lowest BCUT2D eigenvalue weighted by atomic mass is 9.88. The Hall–Kier alpha value is -2.29. The average molecular weight is 309 g/mol. The molecular formula is C20H23NO2. The topological polar surface area (TPSA) is 29.5 Å². The third kappa shape index (κ3) is 3.92. The van der Waals surface area contributed by atoms with Gasteiger partial charge in [-0.2, -0.15) is 0 Å². The van der Waals surface area contributed by atoms with Crippen LogP contribution in [0.5, 0.6) is 0 Å². The molecule has 1 saturated heterocycles. The first kappa shape index (κ1) is 15.6. The van der Waals surface area contributed by atoms with Gasteiger partial charge in [0, 0.05) is 18.5 Å². The molecule has 0 saturated carbocycles. The molecule has 2 atom stereocenters. The number of likely N-dealkylation sites (tertiary alicyclic amines) is 1. The number of carbonyl (C=O) groups is 1. The van der Waals surface area contributed by atoms with Crippen LogP contribution in [0.2, 0.25) is 0 Å². The van der Waals surface area contributed by atoms with Gasteiger partial charge in [-0.05, 0) is 30.9 Å². The number of amides is 1. The van der Waals surface area contributed by atoms with E-state index in [2.05, 4.69) is 31.2 Å². The van der Waals surface area contributed by atoms with Crippen molar-refractivity contribution < 1.29 is 9.53 Å². The molecule has 1 aliphatic rings. The van der Waals surface area contributed by atoms with Crippen LogP contribution in [-0.2, 0) is 11.3 Å². The van der Waals surface area contributed by atoms with Gasteiger partial charge < -0.3 is 9.64 Å². The summed E-state index contributed by atoms with van der Waals surface area (Å²) in [7, 11) is 0. The molecular weight excluding hydrogens is 286 g/mol. The van der Waals surface area contributed by atoms with Crippen molar-refractivity contribution in [3.05, 3.63) is 71.8 Å². The molecule has 2 unspecified atom stereocenters. The smallest absolute Gasteiger partial charge is 0.410 e. The number of ether oxygens (including phenoxy) is 1. The molecule has 3 heteroatoms. The number of nitrogens with zero attached hydrogens (tertiary/aromatic N) is 1. The maximum atomic E-state index is 12.5. The minimum Gasteiger partial charge on any atom is -0.445 e. The van der Waals surface area contributed by atoms with E-state index in [9.17, 15) is 4.79 Å². The van der Waals surface area contributed by atoms with Crippen molar-refractivity contribution in [3.63, 3.8) is 0 Å². The Labute approximate surface area is 137 Å². The van der Waals surface area contributed by atoms with Crippen molar-refractivity contribution in [1.82, 2.24) is 4.90 Å². The summed E-state index contributed by atoms with van der Waals surface area (Å²) < 4.78 is 5.51. The van der Waals surface area contributed by atoms with E-state index >= 15 is 0 Å². The van der Waals surface area contributed by atoms with Gasteiger partial charge in [0.15, 0.2) is 0 Å². The van der Waals surface area contributed by atoms with E-state index < -0.39 is 0 Å². The number of carbonyl (C=O) groups excluding carboxylic acids is 1. The summed E-state index contributed by atoms with van der Waals surface area (Å²) in [6.07, 6.45) is 1.93. The number of rotatable bonds is 3. The predicted octanol–water partition coefficient (Wildman–Crippen LogP) is 4.59. The van der Waals surface area contributed by atoms with E-state index in [-0.39, 0.29) is 12.1 Å². The summed E-state index contributed by atoms with van der Waals surface area (Å²) in [4.78, 5) is 14.3. The second-order valence-corrected chi connectivity index (χ2v) is 6.23. The van der Waals surface area contributed by atoms with E-state index in [0.717, 1.165) is 24.9 Å². The molecule has 3 rings (SSSR count). The molecule has 0 N–H and O–H groups in total. The zero-order valence-corrected chi connectivity index (χ0v) is 13.5. The van der Waals surface area contributed by atoms with E-state index in [1.807, 2.05) is 41.3 Å². The molecule has 120 valence electrons. The zero-order valence-electron chi connectivity index (χ0n) is 13.5. The zero-order chi connectivity index (χ0) is 16.1. The van der Waals surface area contributed by atoms with Gasteiger partial charge in [-0.3, -0.25) is 0 Å². The Morgan fingerprint density at radius 1 is 1.04 bits per heavy atom. The molecule has 1 amide bonds. The Morgan fingerprint density at radius 3 is 2.39 bits per heavy atom. The molecule has 0 spiro atoms. The van der Waals surface area contributed by atoms with Gasteiger partial charge in [0.1, 0.15) is 6.61 Å². The SMILES string of the molecule is CC1CCC(c2ccccc2)CN1C(=O)OCc1ccccc1. The summed E-state index contributed by atoms with van der Waals surface area (Å²) in [5, 5.41) is 0. The monoisotopic (exact) mass is 309 g/mol. The van der Waals surface area contributed by atoms with Crippen LogP contribution in [0.25, 0.3) is 0 Å². The van der Waals surface area contributed by atoms with Crippen LogP contribution < -0.4 is 0 Å². The summed E-state index contributed by atoms with van der Waals surface area (Å²) in [6, 6.07) is 20.5. The highest BCUT2D eigenvalue weighted by Gasteiger charge is 2.30. The molecule has 0 radical (unpaired) electrons. The lowest BCUT2D eigenvalue weighted by molar-refractivity contribution is 0.0675. The normalized spacial score (nSPS) is 21.0. The minimum atomic E-state index is -0.206. The predicted molar refractivity (Wildman–Crippen MR) is 91.2 cm³/mol. The second kappa shape index (κ2) is 7.32. The van der Waals surface area contributed by atoms with Gasteiger partial charge in [0.25, 0.3) is 0 Å².